The second-order valence-electron chi connectivity index (χ2n) is 5.66. The molecule has 0 radical (unpaired) electrons. The van der Waals surface area contributed by atoms with E-state index in [1.54, 1.807) is 12.4 Å². The maximum absolute atomic E-state index is 12.4. The number of rotatable bonds is 4. The Kier molecular flexibility index (Phi) is 3.88. The van der Waals surface area contributed by atoms with Crippen molar-refractivity contribution >= 4 is 5.91 Å². The standard InChI is InChI=1S/C18H17N3O/c1-12-5-2-3-7-14(12)17(10-19)21-18(22)16-9-15(16)13-6-4-8-20-11-13/h2-8,11,15-17H,9H2,1H3,(H,21,22). The highest BCUT2D eigenvalue weighted by Crippen LogP contribution is 2.47. The van der Waals surface area contributed by atoms with Crippen molar-refractivity contribution in [3.05, 3.63) is 65.5 Å². The van der Waals surface area contributed by atoms with Crippen molar-refractivity contribution in [1.82, 2.24) is 10.3 Å². The molecule has 1 aromatic carbocycles. The summed E-state index contributed by atoms with van der Waals surface area (Å²) in [6.07, 6.45) is 4.36. The number of aryl methyl sites for hydroxylation is 1. The van der Waals surface area contributed by atoms with Gasteiger partial charge < -0.3 is 5.32 Å². The molecule has 0 spiro atoms. The summed E-state index contributed by atoms with van der Waals surface area (Å²) in [7, 11) is 0. The normalized spacial score (nSPS) is 20.7. The van der Waals surface area contributed by atoms with Gasteiger partial charge in [-0.1, -0.05) is 30.3 Å². The fraction of sp³-hybridized carbons (Fsp3) is 0.278. The number of aromatic nitrogens is 1. The summed E-state index contributed by atoms with van der Waals surface area (Å²) in [4.78, 5) is 16.5. The third-order valence-corrected chi connectivity index (χ3v) is 4.15. The minimum atomic E-state index is -0.594. The molecule has 3 rings (SSSR count). The number of hydrogen-bond donors (Lipinski definition) is 1. The lowest BCUT2D eigenvalue weighted by molar-refractivity contribution is -0.122. The monoisotopic (exact) mass is 291 g/mol. The van der Waals surface area contributed by atoms with Gasteiger partial charge in [-0.05, 0) is 42.0 Å². The van der Waals surface area contributed by atoms with Crippen LogP contribution in [0.4, 0.5) is 0 Å². The Morgan fingerprint density at radius 2 is 2.18 bits per heavy atom. The third-order valence-electron chi connectivity index (χ3n) is 4.15. The number of hydrogen-bond acceptors (Lipinski definition) is 3. The predicted molar refractivity (Wildman–Crippen MR) is 82.8 cm³/mol. The molecule has 22 heavy (non-hydrogen) atoms. The first-order valence-corrected chi connectivity index (χ1v) is 7.36. The average molecular weight is 291 g/mol. The molecular weight excluding hydrogens is 274 g/mol. The molecule has 1 aromatic heterocycles. The summed E-state index contributed by atoms with van der Waals surface area (Å²) in [5.74, 6) is 0.123. The molecule has 1 aliphatic carbocycles. The van der Waals surface area contributed by atoms with Crippen molar-refractivity contribution in [2.24, 2.45) is 5.92 Å². The smallest absolute Gasteiger partial charge is 0.225 e. The molecule has 2 aromatic rings. The zero-order valence-corrected chi connectivity index (χ0v) is 12.4. The van der Waals surface area contributed by atoms with Crippen molar-refractivity contribution in [2.75, 3.05) is 0 Å². The van der Waals surface area contributed by atoms with Gasteiger partial charge in [-0.2, -0.15) is 5.26 Å². The number of nitriles is 1. The fourth-order valence-corrected chi connectivity index (χ4v) is 2.79. The molecule has 1 fully saturated rings. The first kappa shape index (κ1) is 14.3. The van der Waals surface area contributed by atoms with Crippen molar-refractivity contribution in [3.8, 4) is 6.07 Å². The predicted octanol–water partition coefficient (Wildman–Crippen LogP) is 2.87. The molecule has 3 atom stereocenters. The Labute approximate surface area is 129 Å². The van der Waals surface area contributed by atoms with Gasteiger partial charge in [0.2, 0.25) is 5.91 Å². The van der Waals surface area contributed by atoms with E-state index in [0.717, 1.165) is 23.1 Å². The Balaban J connectivity index is 1.67. The third kappa shape index (κ3) is 2.84. The number of nitrogens with one attached hydrogen (secondary N) is 1. The van der Waals surface area contributed by atoms with Crippen LogP contribution < -0.4 is 5.32 Å². The SMILES string of the molecule is Cc1ccccc1C(C#N)NC(=O)C1CC1c1cccnc1. The molecule has 1 amide bonds. The van der Waals surface area contributed by atoms with E-state index in [2.05, 4.69) is 16.4 Å². The van der Waals surface area contributed by atoms with Gasteiger partial charge in [-0.15, -0.1) is 0 Å². The lowest BCUT2D eigenvalue weighted by Crippen LogP contribution is -2.29. The molecule has 0 bridgehead atoms. The minimum Gasteiger partial charge on any atom is -0.336 e. The van der Waals surface area contributed by atoms with Gasteiger partial charge in [0, 0.05) is 18.3 Å². The zero-order chi connectivity index (χ0) is 15.5. The van der Waals surface area contributed by atoms with Gasteiger partial charge in [-0.25, -0.2) is 0 Å². The summed E-state index contributed by atoms with van der Waals surface area (Å²) >= 11 is 0. The van der Waals surface area contributed by atoms with Crippen LogP contribution in [0.1, 0.15) is 35.1 Å². The number of benzene rings is 1. The minimum absolute atomic E-state index is 0.0518. The Morgan fingerprint density at radius 1 is 1.36 bits per heavy atom. The topological polar surface area (TPSA) is 65.8 Å². The van der Waals surface area contributed by atoms with Crippen LogP contribution in [-0.2, 0) is 4.79 Å². The van der Waals surface area contributed by atoms with Crippen LogP contribution in [0.5, 0.6) is 0 Å². The van der Waals surface area contributed by atoms with E-state index in [0.29, 0.717) is 0 Å². The van der Waals surface area contributed by atoms with Crippen LogP contribution in [0.2, 0.25) is 0 Å². The van der Waals surface area contributed by atoms with Crippen LogP contribution in [0, 0.1) is 24.2 Å². The van der Waals surface area contributed by atoms with Crippen LogP contribution in [0.25, 0.3) is 0 Å². The first-order valence-electron chi connectivity index (χ1n) is 7.36. The number of carbonyl (C=O) groups excluding carboxylic acids is 1. The number of pyridine rings is 1. The van der Waals surface area contributed by atoms with Crippen LogP contribution >= 0.6 is 0 Å². The Morgan fingerprint density at radius 3 is 2.86 bits per heavy atom. The molecule has 1 N–H and O–H groups in total. The van der Waals surface area contributed by atoms with Gasteiger partial charge in [0.05, 0.1) is 6.07 Å². The molecule has 1 saturated carbocycles. The van der Waals surface area contributed by atoms with Crippen molar-refractivity contribution in [3.63, 3.8) is 0 Å². The lowest BCUT2D eigenvalue weighted by Gasteiger charge is -2.14. The van der Waals surface area contributed by atoms with Crippen LogP contribution in [-0.4, -0.2) is 10.9 Å². The van der Waals surface area contributed by atoms with E-state index in [-0.39, 0.29) is 17.7 Å². The van der Waals surface area contributed by atoms with Crippen molar-refractivity contribution in [1.29, 1.82) is 5.26 Å². The van der Waals surface area contributed by atoms with E-state index in [1.807, 2.05) is 43.3 Å². The van der Waals surface area contributed by atoms with E-state index in [4.69, 9.17) is 0 Å². The maximum atomic E-state index is 12.4. The van der Waals surface area contributed by atoms with E-state index < -0.39 is 6.04 Å². The van der Waals surface area contributed by atoms with E-state index in [1.165, 1.54) is 0 Å². The zero-order valence-electron chi connectivity index (χ0n) is 12.4. The second kappa shape index (κ2) is 5.98. The van der Waals surface area contributed by atoms with Gasteiger partial charge in [0.25, 0.3) is 0 Å². The number of amides is 1. The molecule has 3 unspecified atom stereocenters. The highest BCUT2D eigenvalue weighted by Gasteiger charge is 2.44. The highest BCUT2D eigenvalue weighted by atomic mass is 16.2. The average Bonchev–Trinajstić information content (AvgIpc) is 3.35. The second-order valence-corrected chi connectivity index (χ2v) is 5.66. The number of nitrogens with zero attached hydrogens (tertiary/aromatic N) is 2. The van der Waals surface area contributed by atoms with Gasteiger partial charge in [-0.3, -0.25) is 9.78 Å². The summed E-state index contributed by atoms with van der Waals surface area (Å²) < 4.78 is 0. The van der Waals surface area contributed by atoms with Gasteiger partial charge in [0.15, 0.2) is 0 Å². The van der Waals surface area contributed by atoms with E-state index >= 15 is 0 Å². The summed E-state index contributed by atoms with van der Waals surface area (Å²) in [5, 5.41) is 12.2. The molecule has 110 valence electrons. The van der Waals surface area contributed by atoms with Gasteiger partial charge >= 0.3 is 0 Å². The Bertz CT molecular complexity index is 721. The lowest BCUT2D eigenvalue weighted by atomic mass is 10.0. The van der Waals surface area contributed by atoms with Crippen LogP contribution in [0.3, 0.4) is 0 Å². The molecular formula is C18H17N3O. The molecule has 4 nitrogen and oxygen atoms in total. The number of carbonyl (C=O) groups is 1. The molecule has 4 heteroatoms. The highest BCUT2D eigenvalue weighted by molar-refractivity contribution is 5.83. The van der Waals surface area contributed by atoms with Crippen molar-refractivity contribution < 1.29 is 4.79 Å². The van der Waals surface area contributed by atoms with Crippen molar-refractivity contribution in [2.45, 2.75) is 25.3 Å². The van der Waals surface area contributed by atoms with Gasteiger partial charge in [0.1, 0.15) is 6.04 Å². The molecule has 0 saturated heterocycles. The quantitative estimate of drug-likeness (QED) is 0.942. The summed E-state index contributed by atoms with van der Waals surface area (Å²) in [5.41, 5.74) is 2.96. The molecule has 1 heterocycles. The molecule has 1 aliphatic rings. The van der Waals surface area contributed by atoms with Crippen LogP contribution in [0.15, 0.2) is 48.8 Å². The first-order chi connectivity index (χ1) is 10.7. The summed E-state index contributed by atoms with van der Waals surface area (Å²) in [6, 6.07) is 13.1. The van der Waals surface area contributed by atoms with E-state index in [9.17, 15) is 10.1 Å². The largest absolute Gasteiger partial charge is 0.336 e. The molecule has 0 aliphatic heterocycles. The maximum Gasteiger partial charge on any atom is 0.225 e. The fourth-order valence-electron chi connectivity index (χ4n) is 2.79. The summed E-state index contributed by atoms with van der Waals surface area (Å²) in [6.45, 7) is 1.95. The Hall–Kier alpha value is -2.67.